The Labute approximate surface area is 119 Å². The first-order valence-corrected chi connectivity index (χ1v) is 6.92. The van der Waals surface area contributed by atoms with E-state index in [0.717, 1.165) is 5.56 Å². The number of carbonyl (C=O) groups excluding carboxylic acids is 2. The highest BCUT2D eigenvalue weighted by atomic mass is 16.5. The van der Waals surface area contributed by atoms with Crippen molar-refractivity contribution in [2.75, 3.05) is 19.7 Å². The van der Waals surface area contributed by atoms with E-state index in [4.69, 9.17) is 4.74 Å². The van der Waals surface area contributed by atoms with E-state index in [1.807, 2.05) is 44.2 Å². The molecule has 0 saturated heterocycles. The molecule has 1 unspecified atom stereocenters. The maximum atomic E-state index is 12.0. The molecule has 0 aliphatic carbocycles. The standard InChI is InChI=1S/C15H22N2O3/c1-3-13(12-8-6-5-7-9-12)14(18)20-11-10-17-15(19)16-4-2/h5-9,13H,3-4,10-11H2,1-2H3,(H2,16,17,19). The summed E-state index contributed by atoms with van der Waals surface area (Å²) >= 11 is 0. The molecule has 2 amide bonds. The Hall–Kier alpha value is -2.04. The molecule has 0 fully saturated rings. The number of hydrogen-bond donors (Lipinski definition) is 2. The zero-order valence-electron chi connectivity index (χ0n) is 12.0. The van der Waals surface area contributed by atoms with Gasteiger partial charge in [-0.25, -0.2) is 4.79 Å². The van der Waals surface area contributed by atoms with Gasteiger partial charge in [0.15, 0.2) is 0 Å². The SMILES string of the molecule is CCNC(=O)NCCOC(=O)C(CC)c1ccccc1. The van der Waals surface area contributed by atoms with Gasteiger partial charge in [-0.2, -0.15) is 0 Å². The summed E-state index contributed by atoms with van der Waals surface area (Å²) in [5, 5.41) is 5.21. The Morgan fingerprint density at radius 2 is 1.85 bits per heavy atom. The van der Waals surface area contributed by atoms with E-state index in [9.17, 15) is 9.59 Å². The van der Waals surface area contributed by atoms with Gasteiger partial charge in [0.05, 0.1) is 12.5 Å². The summed E-state index contributed by atoms with van der Waals surface area (Å²) in [4.78, 5) is 23.1. The number of hydrogen-bond acceptors (Lipinski definition) is 3. The van der Waals surface area contributed by atoms with Crippen LogP contribution in [-0.2, 0) is 9.53 Å². The second-order valence-corrected chi connectivity index (χ2v) is 4.33. The molecule has 0 heterocycles. The van der Waals surface area contributed by atoms with Crippen LogP contribution in [0.5, 0.6) is 0 Å². The van der Waals surface area contributed by atoms with E-state index in [1.54, 1.807) is 0 Å². The van der Waals surface area contributed by atoms with Crippen molar-refractivity contribution in [2.45, 2.75) is 26.2 Å². The highest BCUT2D eigenvalue weighted by Crippen LogP contribution is 2.20. The lowest BCUT2D eigenvalue weighted by Crippen LogP contribution is -2.37. The molecule has 110 valence electrons. The zero-order chi connectivity index (χ0) is 14.8. The van der Waals surface area contributed by atoms with Crippen LogP contribution >= 0.6 is 0 Å². The van der Waals surface area contributed by atoms with Crippen LogP contribution in [0.2, 0.25) is 0 Å². The normalized spacial score (nSPS) is 11.5. The minimum absolute atomic E-state index is 0.180. The first-order chi connectivity index (χ1) is 9.69. The summed E-state index contributed by atoms with van der Waals surface area (Å²) in [5.74, 6) is -0.503. The van der Waals surface area contributed by atoms with Gasteiger partial charge in [-0.3, -0.25) is 4.79 Å². The topological polar surface area (TPSA) is 67.4 Å². The van der Waals surface area contributed by atoms with Crippen molar-refractivity contribution in [3.05, 3.63) is 35.9 Å². The third-order valence-electron chi connectivity index (χ3n) is 2.86. The minimum atomic E-state index is -0.253. The lowest BCUT2D eigenvalue weighted by molar-refractivity contribution is -0.145. The van der Waals surface area contributed by atoms with Crippen molar-refractivity contribution in [3.63, 3.8) is 0 Å². The van der Waals surface area contributed by atoms with Crippen LogP contribution in [0.4, 0.5) is 4.79 Å². The zero-order valence-corrected chi connectivity index (χ0v) is 12.0. The molecule has 1 aromatic rings. The average Bonchev–Trinajstić information content (AvgIpc) is 2.46. The smallest absolute Gasteiger partial charge is 0.314 e. The molecule has 5 heteroatoms. The van der Waals surface area contributed by atoms with Crippen molar-refractivity contribution >= 4 is 12.0 Å². The van der Waals surface area contributed by atoms with Gasteiger partial charge in [-0.15, -0.1) is 0 Å². The molecule has 2 N–H and O–H groups in total. The molecular weight excluding hydrogens is 256 g/mol. The van der Waals surface area contributed by atoms with Crippen LogP contribution in [0.15, 0.2) is 30.3 Å². The Morgan fingerprint density at radius 3 is 2.45 bits per heavy atom. The molecule has 0 spiro atoms. The maximum absolute atomic E-state index is 12.0. The third-order valence-corrected chi connectivity index (χ3v) is 2.86. The summed E-state index contributed by atoms with van der Waals surface area (Å²) in [6.45, 7) is 4.84. The van der Waals surface area contributed by atoms with Crippen molar-refractivity contribution < 1.29 is 14.3 Å². The predicted octanol–water partition coefficient (Wildman–Crippen LogP) is 2.04. The second-order valence-electron chi connectivity index (χ2n) is 4.33. The lowest BCUT2D eigenvalue weighted by Gasteiger charge is -2.14. The van der Waals surface area contributed by atoms with Crippen LogP contribution in [0.1, 0.15) is 31.7 Å². The second kappa shape index (κ2) is 8.96. The van der Waals surface area contributed by atoms with E-state index < -0.39 is 0 Å². The van der Waals surface area contributed by atoms with E-state index >= 15 is 0 Å². The molecule has 1 rings (SSSR count). The molecule has 0 saturated carbocycles. The number of ether oxygens (including phenoxy) is 1. The number of amides is 2. The van der Waals surface area contributed by atoms with Gasteiger partial charge in [-0.1, -0.05) is 37.3 Å². The number of esters is 1. The Balaban J connectivity index is 2.36. The van der Waals surface area contributed by atoms with Gasteiger partial charge in [-0.05, 0) is 18.9 Å². The van der Waals surface area contributed by atoms with Gasteiger partial charge in [0.2, 0.25) is 0 Å². The number of nitrogens with one attached hydrogen (secondary N) is 2. The van der Waals surface area contributed by atoms with E-state index in [-0.39, 0.29) is 24.5 Å². The minimum Gasteiger partial charge on any atom is -0.463 e. The largest absolute Gasteiger partial charge is 0.463 e. The Bertz CT molecular complexity index is 420. The molecule has 0 aromatic heterocycles. The fourth-order valence-electron chi connectivity index (χ4n) is 1.86. The number of carbonyl (C=O) groups is 2. The summed E-state index contributed by atoms with van der Waals surface area (Å²) in [6, 6.07) is 9.31. The van der Waals surface area contributed by atoms with Gasteiger partial charge in [0.1, 0.15) is 6.61 Å². The number of benzene rings is 1. The van der Waals surface area contributed by atoms with Gasteiger partial charge >= 0.3 is 12.0 Å². The monoisotopic (exact) mass is 278 g/mol. The van der Waals surface area contributed by atoms with Gasteiger partial charge in [0.25, 0.3) is 0 Å². The average molecular weight is 278 g/mol. The fourth-order valence-corrected chi connectivity index (χ4v) is 1.86. The van der Waals surface area contributed by atoms with Crippen LogP contribution in [0, 0.1) is 0 Å². The van der Waals surface area contributed by atoms with Gasteiger partial charge < -0.3 is 15.4 Å². The molecule has 0 aliphatic rings. The fraction of sp³-hybridized carbons (Fsp3) is 0.467. The first-order valence-electron chi connectivity index (χ1n) is 6.92. The van der Waals surface area contributed by atoms with E-state index in [0.29, 0.717) is 19.5 Å². The molecular formula is C15H22N2O3. The maximum Gasteiger partial charge on any atom is 0.314 e. The third kappa shape index (κ3) is 5.30. The molecule has 1 aromatic carbocycles. The summed E-state index contributed by atoms with van der Waals surface area (Å²) in [5.41, 5.74) is 0.955. The van der Waals surface area contributed by atoms with Crippen LogP contribution in [-0.4, -0.2) is 31.7 Å². The number of urea groups is 1. The number of rotatable bonds is 7. The molecule has 0 bridgehead atoms. The van der Waals surface area contributed by atoms with Crippen molar-refractivity contribution in [2.24, 2.45) is 0 Å². The Morgan fingerprint density at radius 1 is 1.15 bits per heavy atom. The van der Waals surface area contributed by atoms with E-state index in [1.165, 1.54) is 0 Å². The Kier molecular flexibility index (Phi) is 7.17. The molecule has 0 radical (unpaired) electrons. The highest BCUT2D eigenvalue weighted by molar-refractivity contribution is 5.78. The van der Waals surface area contributed by atoms with Gasteiger partial charge in [0, 0.05) is 6.54 Å². The van der Waals surface area contributed by atoms with E-state index in [2.05, 4.69) is 10.6 Å². The molecule has 5 nitrogen and oxygen atoms in total. The lowest BCUT2D eigenvalue weighted by atomic mass is 9.97. The quantitative estimate of drug-likeness (QED) is 0.592. The predicted molar refractivity (Wildman–Crippen MR) is 77.5 cm³/mol. The molecule has 0 aliphatic heterocycles. The van der Waals surface area contributed by atoms with Crippen molar-refractivity contribution in [1.82, 2.24) is 10.6 Å². The van der Waals surface area contributed by atoms with Crippen LogP contribution < -0.4 is 10.6 Å². The van der Waals surface area contributed by atoms with Crippen LogP contribution in [0.25, 0.3) is 0 Å². The summed E-state index contributed by atoms with van der Waals surface area (Å²) in [7, 11) is 0. The molecule has 20 heavy (non-hydrogen) atoms. The summed E-state index contributed by atoms with van der Waals surface area (Å²) in [6.07, 6.45) is 0.687. The van der Waals surface area contributed by atoms with Crippen molar-refractivity contribution in [3.8, 4) is 0 Å². The van der Waals surface area contributed by atoms with Crippen molar-refractivity contribution in [1.29, 1.82) is 0 Å². The summed E-state index contributed by atoms with van der Waals surface area (Å²) < 4.78 is 5.20. The highest BCUT2D eigenvalue weighted by Gasteiger charge is 2.19. The molecule has 1 atom stereocenters. The first kappa shape index (κ1) is 16.0. The van der Waals surface area contributed by atoms with Crippen LogP contribution in [0.3, 0.4) is 0 Å².